The summed E-state index contributed by atoms with van der Waals surface area (Å²) in [6, 6.07) is 23.9. The largest absolute Gasteiger partial charge is 0.322 e. The molecule has 4 amide bonds. The quantitative estimate of drug-likeness (QED) is 0.0688. The van der Waals surface area contributed by atoms with Gasteiger partial charge in [0.15, 0.2) is 0 Å². The van der Waals surface area contributed by atoms with Crippen LogP contribution in [0.15, 0.2) is 97.6 Å². The van der Waals surface area contributed by atoms with Crippen LogP contribution < -0.4 is 21.3 Å². The average Bonchev–Trinajstić information content (AvgIpc) is 1.60. The number of nitrogens with one attached hydrogen (secondary N) is 4. The van der Waals surface area contributed by atoms with E-state index in [0.717, 1.165) is 48.4 Å². The second-order valence-electron chi connectivity index (χ2n) is 31.1. The first-order valence-electron chi connectivity index (χ1n) is 36.6. The predicted octanol–water partition coefficient (Wildman–Crippen LogP) is 19.4. The standard InChI is InChI=1S/4C20H23F2N3O/c4*1-10(2)16-12-7-8-13(16)17-11(12)5-4-6-15(17)23-20(26)14-9-25(3)24-18(14)19(21)22/h4*4-6,9-10,12-13,16,19H,7-8H2,1-3H3,(H,23,26). The molecule has 4 N–H and O–H groups in total. The van der Waals surface area contributed by atoms with Crippen LogP contribution in [-0.4, -0.2) is 62.8 Å². The Balaban J connectivity index is 0.000000123. The van der Waals surface area contributed by atoms with Crippen molar-refractivity contribution in [3.63, 3.8) is 0 Å². The third kappa shape index (κ3) is 13.3. The van der Waals surface area contributed by atoms with Gasteiger partial charge >= 0.3 is 0 Å². The minimum atomic E-state index is -2.78. The van der Waals surface area contributed by atoms with Crippen LogP contribution in [0.25, 0.3) is 0 Å². The maximum absolute atomic E-state index is 13.2. The van der Waals surface area contributed by atoms with E-state index < -0.39 is 72.1 Å². The van der Waals surface area contributed by atoms with Gasteiger partial charge in [-0.2, -0.15) is 20.4 Å². The maximum Gasteiger partial charge on any atom is 0.282 e. The smallest absolute Gasteiger partial charge is 0.282 e. The Morgan fingerprint density at radius 2 is 0.500 bits per heavy atom. The van der Waals surface area contributed by atoms with Crippen molar-refractivity contribution in [1.29, 1.82) is 0 Å². The third-order valence-electron chi connectivity index (χ3n) is 23.8. The summed E-state index contributed by atoms with van der Waals surface area (Å²) in [5, 5.41) is 26.4. The fourth-order valence-corrected chi connectivity index (χ4v) is 20.5. The second-order valence-corrected chi connectivity index (χ2v) is 31.1. The molecule has 8 bridgehead atoms. The molecule has 24 heteroatoms. The highest BCUT2D eigenvalue weighted by molar-refractivity contribution is 6.08. The van der Waals surface area contributed by atoms with E-state index in [4.69, 9.17) is 0 Å². The van der Waals surface area contributed by atoms with E-state index >= 15 is 0 Å². The lowest BCUT2D eigenvalue weighted by atomic mass is 9.85. The number of fused-ring (bicyclic) bond motifs is 20. The van der Waals surface area contributed by atoms with Crippen LogP contribution in [0.3, 0.4) is 0 Å². The lowest BCUT2D eigenvalue weighted by Gasteiger charge is -2.21. The van der Waals surface area contributed by atoms with E-state index in [0.29, 0.717) is 94.7 Å². The van der Waals surface area contributed by atoms with Gasteiger partial charge < -0.3 is 21.3 Å². The topological polar surface area (TPSA) is 188 Å². The number of aromatic nitrogens is 8. The van der Waals surface area contributed by atoms with Crippen molar-refractivity contribution in [1.82, 2.24) is 39.1 Å². The monoisotopic (exact) mass is 1440 g/mol. The molecule has 0 radical (unpaired) electrons. The second kappa shape index (κ2) is 29.2. The number of rotatable bonds is 16. The lowest BCUT2D eigenvalue weighted by molar-refractivity contribution is 0.100. The average molecular weight is 1440 g/mol. The molecule has 4 aromatic carbocycles. The molecule has 12 atom stereocenters. The normalized spacial score (nSPS) is 23.7. The van der Waals surface area contributed by atoms with Crippen LogP contribution in [0.2, 0.25) is 0 Å². The van der Waals surface area contributed by atoms with E-state index in [1.54, 1.807) is 0 Å². The van der Waals surface area contributed by atoms with E-state index in [-0.39, 0.29) is 22.3 Å². The Bertz CT molecular complexity index is 4000. The molecule has 552 valence electrons. The van der Waals surface area contributed by atoms with Gasteiger partial charge in [0.25, 0.3) is 49.3 Å². The first-order chi connectivity index (χ1) is 49.5. The molecule has 8 aliphatic rings. The summed E-state index contributed by atoms with van der Waals surface area (Å²) in [7, 11) is 6.15. The molecular formula is C80H92F8N12O4. The fourth-order valence-electron chi connectivity index (χ4n) is 20.5. The van der Waals surface area contributed by atoms with Crippen molar-refractivity contribution < 1.29 is 54.3 Å². The Hall–Kier alpha value is -8.96. The summed E-state index contributed by atoms with van der Waals surface area (Å²) in [5.41, 5.74) is 11.0. The summed E-state index contributed by atoms with van der Waals surface area (Å²) in [6.07, 6.45) is 3.56. The zero-order valence-corrected chi connectivity index (χ0v) is 60.7. The number of aryl methyl sites for hydroxylation is 4. The molecule has 0 saturated heterocycles. The molecule has 12 unspecified atom stereocenters. The summed E-state index contributed by atoms with van der Waals surface area (Å²) in [5.74, 6) is 6.53. The lowest BCUT2D eigenvalue weighted by Crippen LogP contribution is -2.16. The fraction of sp³-hybridized carbons (Fsp3) is 0.500. The number of carbonyl (C=O) groups is 4. The minimum Gasteiger partial charge on any atom is -0.322 e. The van der Waals surface area contributed by atoms with Crippen LogP contribution >= 0.6 is 0 Å². The van der Waals surface area contributed by atoms with Gasteiger partial charge in [-0.3, -0.25) is 37.9 Å². The zero-order chi connectivity index (χ0) is 74.3. The van der Waals surface area contributed by atoms with Crippen LogP contribution in [-0.2, 0) is 28.2 Å². The number of halogens is 8. The molecule has 16 rings (SSSR count). The summed E-state index contributed by atoms with van der Waals surface area (Å²) in [6.45, 7) is 18.0. The molecule has 8 aliphatic carbocycles. The molecule has 8 aromatic rings. The number of hydrogen-bond acceptors (Lipinski definition) is 8. The van der Waals surface area contributed by atoms with Gasteiger partial charge in [0.2, 0.25) is 0 Å². The van der Waals surface area contributed by atoms with E-state index in [9.17, 15) is 54.3 Å². The number of nitrogens with zero attached hydrogens (tertiary/aromatic N) is 8. The van der Waals surface area contributed by atoms with Crippen molar-refractivity contribution in [2.45, 2.75) is 180 Å². The van der Waals surface area contributed by atoms with Crippen molar-refractivity contribution in [2.24, 2.45) is 75.5 Å². The molecule has 4 aromatic heterocycles. The molecule has 0 aliphatic heterocycles. The van der Waals surface area contributed by atoms with Crippen LogP contribution in [0.4, 0.5) is 57.9 Å². The van der Waals surface area contributed by atoms with Gasteiger partial charge in [0.1, 0.15) is 22.8 Å². The first-order valence-corrected chi connectivity index (χ1v) is 36.6. The van der Waals surface area contributed by atoms with Gasteiger partial charge in [-0.15, -0.1) is 0 Å². The van der Waals surface area contributed by atoms with Crippen molar-refractivity contribution in [3.05, 3.63) is 187 Å². The van der Waals surface area contributed by atoms with Gasteiger partial charge in [-0.1, -0.05) is 104 Å². The highest BCUT2D eigenvalue weighted by atomic mass is 19.3. The summed E-state index contributed by atoms with van der Waals surface area (Å²) < 4.78 is 110. The Morgan fingerprint density at radius 1 is 0.317 bits per heavy atom. The first kappa shape index (κ1) is 73.4. The van der Waals surface area contributed by atoms with E-state index in [1.807, 2.05) is 48.5 Å². The van der Waals surface area contributed by atoms with Gasteiger partial charge in [-0.05, 0) is 215 Å². The van der Waals surface area contributed by atoms with E-state index in [2.05, 4.69) is 121 Å². The number of alkyl halides is 8. The third-order valence-corrected chi connectivity index (χ3v) is 23.8. The van der Waals surface area contributed by atoms with E-state index in [1.165, 1.54) is 142 Å². The molecule has 4 saturated carbocycles. The molecule has 104 heavy (non-hydrogen) atoms. The number of carbonyl (C=O) groups excluding carboxylic acids is 4. The SMILES string of the molecule is CC(C)C1C2CCC1c1c(NC(=O)c3cn(C)nc3C(F)F)cccc12.CC(C)C1C2CCC1c1c(NC(=O)c3cn(C)nc3C(F)F)cccc12.CC(C)C1C2CCC1c1c(NC(=O)c3cn(C)nc3C(F)F)cccc12.CC(C)C1C2CCC1c1c(NC(=O)c3cn(C)nc3C(F)F)cccc12. The maximum atomic E-state index is 13.2. The molecule has 4 heterocycles. The van der Waals surface area contributed by atoms with Crippen molar-refractivity contribution in [2.75, 3.05) is 21.3 Å². The van der Waals surface area contributed by atoms with Crippen molar-refractivity contribution in [3.8, 4) is 0 Å². The predicted molar refractivity (Wildman–Crippen MR) is 382 cm³/mol. The van der Waals surface area contributed by atoms with Gasteiger partial charge in [0.05, 0.1) is 22.3 Å². The Kier molecular flexibility index (Phi) is 20.6. The van der Waals surface area contributed by atoms with Crippen LogP contribution in [0, 0.1) is 47.3 Å². The Morgan fingerprint density at radius 3 is 0.673 bits per heavy atom. The molecule has 0 spiro atoms. The number of anilines is 4. The molecule has 16 nitrogen and oxygen atoms in total. The van der Waals surface area contributed by atoms with Crippen LogP contribution in [0.5, 0.6) is 0 Å². The number of amides is 4. The number of hydrogen-bond donors (Lipinski definition) is 4. The van der Waals surface area contributed by atoms with Crippen LogP contribution in [0.1, 0.15) is 289 Å². The Labute approximate surface area is 600 Å². The zero-order valence-electron chi connectivity index (χ0n) is 60.7. The van der Waals surface area contributed by atoms with Gasteiger partial charge in [0, 0.05) is 75.7 Å². The number of benzene rings is 4. The molecule has 4 fully saturated rings. The van der Waals surface area contributed by atoms with Gasteiger partial charge in [-0.25, -0.2) is 35.1 Å². The summed E-state index contributed by atoms with van der Waals surface area (Å²) >= 11 is 0. The highest BCUT2D eigenvalue weighted by Gasteiger charge is 2.52. The van der Waals surface area contributed by atoms with Crippen molar-refractivity contribution >= 4 is 46.4 Å². The minimum absolute atomic E-state index is 0.0660. The highest BCUT2D eigenvalue weighted by Crippen LogP contribution is 2.65. The molecular weight excluding hydrogens is 1340 g/mol. The summed E-state index contributed by atoms with van der Waals surface area (Å²) in [4.78, 5) is 50.7.